The third kappa shape index (κ3) is 7.30. The van der Waals surface area contributed by atoms with Gasteiger partial charge in [-0.05, 0) is 56.7 Å². The van der Waals surface area contributed by atoms with Crippen LogP contribution in [0.25, 0.3) is 0 Å². The first-order valence-electron chi connectivity index (χ1n) is 11.5. The van der Waals surface area contributed by atoms with Gasteiger partial charge in [-0.2, -0.15) is 10.2 Å². The van der Waals surface area contributed by atoms with E-state index in [1.54, 1.807) is 68.7 Å². The third-order valence-corrected chi connectivity index (χ3v) is 6.81. The molecule has 10 nitrogen and oxygen atoms in total. The summed E-state index contributed by atoms with van der Waals surface area (Å²) in [5.41, 5.74) is 1.86. The van der Waals surface area contributed by atoms with E-state index >= 15 is 0 Å². The van der Waals surface area contributed by atoms with E-state index < -0.39 is 22.7 Å². The van der Waals surface area contributed by atoms with Crippen molar-refractivity contribution >= 4 is 21.4 Å². The minimum Gasteiger partial charge on any atom is -0.492 e. The van der Waals surface area contributed by atoms with E-state index in [0.717, 1.165) is 15.6 Å². The molecule has 0 spiro atoms. The van der Waals surface area contributed by atoms with Crippen LogP contribution in [0.5, 0.6) is 11.5 Å². The molecule has 36 heavy (non-hydrogen) atoms. The molecule has 2 aromatic carbocycles. The highest BCUT2D eigenvalue weighted by molar-refractivity contribution is 7.93. The first-order chi connectivity index (χ1) is 17.2. The number of aliphatic hydroxyl groups is 2. The van der Waals surface area contributed by atoms with Crippen LogP contribution >= 0.6 is 0 Å². The third-order valence-electron chi connectivity index (χ3n) is 4.97. The molecule has 194 valence electrons. The average molecular weight is 517 g/mol. The van der Waals surface area contributed by atoms with Crippen LogP contribution in [0, 0.1) is 6.92 Å². The summed E-state index contributed by atoms with van der Waals surface area (Å²) < 4.78 is 40.3. The van der Waals surface area contributed by atoms with Gasteiger partial charge in [-0.1, -0.05) is 12.1 Å². The summed E-state index contributed by atoms with van der Waals surface area (Å²) >= 11 is 0. The van der Waals surface area contributed by atoms with Gasteiger partial charge >= 0.3 is 0 Å². The van der Waals surface area contributed by atoms with Crippen LogP contribution < -0.4 is 19.1 Å². The number of rotatable bonds is 13. The number of sulfonamides is 1. The summed E-state index contributed by atoms with van der Waals surface area (Å²) in [6.45, 7) is 5.28. The first kappa shape index (κ1) is 27.2. The van der Waals surface area contributed by atoms with Crippen molar-refractivity contribution < 1.29 is 28.1 Å². The number of benzene rings is 2. The van der Waals surface area contributed by atoms with Gasteiger partial charge in [0.1, 0.15) is 23.0 Å². The van der Waals surface area contributed by atoms with Crippen molar-refractivity contribution in [2.24, 2.45) is 0 Å². The number of hydrogen-bond donors (Lipinski definition) is 3. The summed E-state index contributed by atoms with van der Waals surface area (Å²) in [6.07, 6.45) is 1.64. The summed E-state index contributed by atoms with van der Waals surface area (Å²) in [4.78, 5) is -0.0389. The molecule has 1 atom stereocenters. The van der Waals surface area contributed by atoms with Gasteiger partial charge in [0, 0.05) is 12.6 Å². The molecule has 0 radical (unpaired) electrons. The molecule has 3 N–H and O–H groups in total. The molecular formula is C25H32N4O6S. The van der Waals surface area contributed by atoms with Crippen LogP contribution in [0.15, 0.2) is 65.8 Å². The highest BCUT2D eigenvalue weighted by atomic mass is 32.2. The number of ether oxygens (including phenoxy) is 2. The topological polar surface area (TPSA) is 134 Å². The molecule has 3 rings (SSSR count). The van der Waals surface area contributed by atoms with Crippen LogP contribution in [-0.2, 0) is 10.0 Å². The first-order valence-corrected chi connectivity index (χ1v) is 13.0. The Morgan fingerprint density at radius 1 is 1.11 bits per heavy atom. The fraction of sp³-hybridized carbons (Fsp3) is 0.360. The predicted octanol–water partition coefficient (Wildman–Crippen LogP) is 2.61. The molecule has 11 heteroatoms. The zero-order valence-electron chi connectivity index (χ0n) is 20.5. The zero-order chi connectivity index (χ0) is 26.1. The van der Waals surface area contributed by atoms with Gasteiger partial charge in [0.2, 0.25) is 0 Å². The minimum absolute atomic E-state index is 0.0389. The Bertz CT molecular complexity index is 1220. The molecule has 1 unspecified atom stereocenters. The second-order valence-electron chi connectivity index (χ2n) is 8.40. The van der Waals surface area contributed by atoms with Crippen molar-refractivity contribution in [3.05, 3.63) is 66.5 Å². The Morgan fingerprint density at radius 3 is 2.58 bits per heavy atom. The van der Waals surface area contributed by atoms with Crippen LogP contribution in [-0.4, -0.2) is 67.3 Å². The Labute approximate surface area is 211 Å². The van der Waals surface area contributed by atoms with E-state index in [1.807, 2.05) is 6.92 Å². The Morgan fingerprint density at radius 2 is 1.89 bits per heavy atom. The van der Waals surface area contributed by atoms with E-state index in [-0.39, 0.29) is 23.3 Å². The highest BCUT2D eigenvalue weighted by Crippen LogP contribution is 2.33. The Kier molecular flexibility index (Phi) is 9.45. The van der Waals surface area contributed by atoms with Crippen LogP contribution in [0.2, 0.25) is 0 Å². The summed E-state index contributed by atoms with van der Waals surface area (Å²) in [5.74, 6) is 0.668. The lowest BCUT2D eigenvalue weighted by Gasteiger charge is -2.28. The summed E-state index contributed by atoms with van der Waals surface area (Å²) in [7, 11) is -4.17. The second-order valence-corrected chi connectivity index (χ2v) is 10.2. The highest BCUT2D eigenvalue weighted by Gasteiger charge is 2.30. The predicted molar refractivity (Wildman–Crippen MR) is 137 cm³/mol. The van der Waals surface area contributed by atoms with Gasteiger partial charge in [0.15, 0.2) is 0 Å². The number of nitrogens with zero attached hydrogens (tertiary/aromatic N) is 3. The molecule has 0 aliphatic heterocycles. The maximum Gasteiger partial charge on any atom is 0.268 e. The van der Waals surface area contributed by atoms with E-state index in [9.17, 15) is 18.6 Å². The lowest BCUT2D eigenvalue weighted by molar-refractivity contribution is 0.102. The van der Waals surface area contributed by atoms with Crippen LogP contribution in [0.4, 0.5) is 11.4 Å². The van der Waals surface area contributed by atoms with Gasteiger partial charge in [-0.15, -0.1) is 0 Å². The lowest BCUT2D eigenvalue weighted by Crippen LogP contribution is -2.39. The number of aromatic nitrogens is 2. The summed E-state index contributed by atoms with van der Waals surface area (Å²) in [6, 6.07) is 13.2. The van der Waals surface area contributed by atoms with Crippen molar-refractivity contribution in [2.45, 2.75) is 37.9 Å². The Balaban J connectivity index is 1.89. The standard InChI is InChI=1S/C25H32N4O6S/c1-18(2)35-24-6-4-5-7-25(24)36(32,33)29(16-22(31)17-30)21-12-19(3)13-23(14-21)34-11-10-26-20-8-9-27-28-15-20/h4-9,12-15,18,22,30-31H,10-11,16-17H2,1-3H3,(H,26,27). The lowest BCUT2D eigenvalue weighted by atomic mass is 10.2. The largest absolute Gasteiger partial charge is 0.492 e. The zero-order valence-corrected chi connectivity index (χ0v) is 21.4. The molecule has 0 aliphatic carbocycles. The molecule has 1 heterocycles. The number of aryl methyl sites for hydroxylation is 1. The molecule has 0 aliphatic rings. The minimum atomic E-state index is -4.17. The Hall–Kier alpha value is -3.41. The van der Waals surface area contributed by atoms with Gasteiger partial charge in [-0.25, -0.2) is 8.42 Å². The fourth-order valence-corrected chi connectivity index (χ4v) is 5.05. The molecule has 0 fully saturated rings. The van der Waals surface area contributed by atoms with E-state index in [0.29, 0.717) is 24.6 Å². The number of hydrogen-bond acceptors (Lipinski definition) is 9. The molecular weight excluding hydrogens is 484 g/mol. The maximum atomic E-state index is 13.8. The quantitative estimate of drug-likeness (QED) is 0.293. The van der Waals surface area contributed by atoms with Crippen LogP contribution in [0.1, 0.15) is 19.4 Å². The number of para-hydroxylation sites is 1. The number of aliphatic hydroxyl groups excluding tert-OH is 2. The molecule has 0 amide bonds. The molecule has 3 aromatic rings. The van der Waals surface area contributed by atoms with E-state index in [4.69, 9.17) is 9.47 Å². The van der Waals surface area contributed by atoms with Gasteiger partial charge in [0.05, 0.1) is 49.1 Å². The van der Waals surface area contributed by atoms with Gasteiger partial charge < -0.3 is 25.0 Å². The summed E-state index contributed by atoms with van der Waals surface area (Å²) in [5, 5.41) is 30.3. The van der Waals surface area contributed by atoms with Crippen molar-refractivity contribution in [2.75, 3.05) is 35.9 Å². The molecule has 1 aromatic heterocycles. The van der Waals surface area contributed by atoms with E-state index in [1.165, 1.54) is 6.07 Å². The van der Waals surface area contributed by atoms with Crippen molar-refractivity contribution in [3.8, 4) is 11.5 Å². The van der Waals surface area contributed by atoms with Crippen molar-refractivity contribution in [1.29, 1.82) is 0 Å². The molecule has 0 saturated carbocycles. The fourth-order valence-electron chi connectivity index (χ4n) is 3.44. The molecule has 0 saturated heterocycles. The van der Waals surface area contributed by atoms with Crippen LogP contribution in [0.3, 0.4) is 0 Å². The number of anilines is 2. The van der Waals surface area contributed by atoms with Gasteiger partial charge in [-0.3, -0.25) is 4.31 Å². The van der Waals surface area contributed by atoms with Gasteiger partial charge in [0.25, 0.3) is 10.0 Å². The molecule has 0 bridgehead atoms. The maximum absolute atomic E-state index is 13.8. The number of nitrogens with one attached hydrogen (secondary N) is 1. The average Bonchev–Trinajstić information content (AvgIpc) is 2.85. The smallest absolute Gasteiger partial charge is 0.268 e. The normalized spacial score (nSPS) is 12.3. The van der Waals surface area contributed by atoms with E-state index in [2.05, 4.69) is 15.5 Å². The monoisotopic (exact) mass is 516 g/mol. The van der Waals surface area contributed by atoms with Crippen molar-refractivity contribution in [1.82, 2.24) is 10.2 Å². The second kappa shape index (κ2) is 12.5. The SMILES string of the molecule is Cc1cc(OCCNc2ccnnc2)cc(N(CC(O)CO)S(=O)(=O)c2ccccc2OC(C)C)c1. The van der Waals surface area contributed by atoms with Crippen molar-refractivity contribution in [3.63, 3.8) is 0 Å².